The zero-order valence-corrected chi connectivity index (χ0v) is 15.7. The van der Waals surface area contributed by atoms with Crippen molar-refractivity contribution >= 4 is 29.6 Å². The van der Waals surface area contributed by atoms with Gasteiger partial charge in [0.05, 0.1) is 18.4 Å². The Hall–Kier alpha value is -2.71. The van der Waals surface area contributed by atoms with Crippen molar-refractivity contribution in [2.45, 2.75) is 45.7 Å². The minimum absolute atomic E-state index is 0.0532. The first kappa shape index (κ1) is 20.6. The number of fused-ring (bicyclic) bond motifs is 1. The molecule has 0 unspecified atom stereocenters. The molecule has 1 saturated heterocycles. The predicted molar refractivity (Wildman–Crippen MR) is 93.9 cm³/mol. The first-order chi connectivity index (χ1) is 12.7. The van der Waals surface area contributed by atoms with Gasteiger partial charge >= 0.3 is 5.97 Å². The molecule has 0 aromatic carbocycles. The Morgan fingerprint density at radius 2 is 1.63 bits per heavy atom. The number of nitrogens with zero attached hydrogens (tertiary/aromatic N) is 1. The molecule has 0 radical (unpaired) electrons. The van der Waals surface area contributed by atoms with Gasteiger partial charge in [-0.25, -0.2) is 4.79 Å². The largest absolute Gasteiger partial charge is 0.454 e. The maximum atomic E-state index is 12.4. The number of nitrogens with one attached hydrogen (secondary N) is 2. The van der Waals surface area contributed by atoms with Crippen molar-refractivity contribution in [3.63, 3.8) is 0 Å². The number of amides is 4. The van der Waals surface area contributed by atoms with Gasteiger partial charge in [-0.2, -0.15) is 0 Å². The van der Waals surface area contributed by atoms with Gasteiger partial charge in [-0.1, -0.05) is 12.2 Å². The number of carbonyl (C=O) groups is 5. The third-order valence-corrected chi connectivity index (χ3v) is 4.51. The lowest BCUT2D eigenvalue weighted by Gasteiger charge is -2.21. The molecular formula is C18H25N3O6. The van der Waals surface area contributed by atoms with Crippen LogP contribution in [0.1, 0.15) is 33.6 Å². The number of allylic oxidation sites excluding steroid dienone is 2. The Kier molecular flexibility index (Phi) is 6.70. The second-order valence-corrected chi connectivity index (χ2v) is 6.98. The summed E-state index contributed by atoms with van der Waals surface area (Å²) < 4.78 is 4.90. The fourth-order valence-electron chi connectivity index (χ4n) is 3.17. The molecule has 2 aliphatic rings. The van der Waals surface area contributed by atoms with Crippen LogP contribution in [0.2, 0.25) is 0 Å². The molecule has 2 N–H and O–H groups in total. The smallest absolute Gasteiger partial charge is 0.329 e. The third-order valence-electron chi connectivity index (χ3n) is 4.51. The number of ether oxygens (including phenoxy) is 1. The van der Waals surface area contributed by atoms with E-state index in [1.54, 1.807) is 13.8 Å². The van der Waals surface area contributed by atoms with Gasteiger partial charge in [0, 0.05) is 6.04 Å². The molecular weight excluding hydrogens is 354 g/mol. The predicted octanol–water partition coefficient (Wildman–Crippen LogP) is -0.490. The second kappa shape index (κ2) is 8.79. The number of esters is 1. The zero-order chi connectivity index (χ0) is 20.1. The van der Waals surface area contributed by atoms with Crippen molar-refractivity contribution in [1.82, 2.24) is 15.5 Å². The molecule has 1 aliphatic heterocycles. The van der Waals surface area contributed by atoms with Crippen molar-refractivity contribution in [3.05, 3.63) is 12.2 Å². The van der Waals surface area contributed by atoms with E-state index in [-0.39, 0.29) is 30.3 Å². The Labute approximate surface area is 157 Å². The summed E-state index contributed by atoms with van der Waals surface area (Å²) in [7, 11) is 0. The SMILES string of the molecule is CC(C)NC(=O)CNC(=O)COC(=O)[C@H](C)N1C(=O)[C@@H]2CC=CC[C@H]2C1=O. The lowest BCUT2D eigenvalue weighted by atomic mass is 9.85. The van der Waals surface area contributed by atoms with Gasteiger partial charge in [-0.15, -0.1) is 0 Å². The van der Waals surface area contributed by atoms with Crippen molar-refractivity contribution < 1.29 is 28.7 Å². The summed E-state index contributed by atoms with van der Waals surface area (Å²) in [6, 6.07) is -1.16. The molecule has 2 rings (SSSR count). The molecule has 9 heteroatoms. The second-order valence-electron chi connectivity index (χ2n) is 6.98. The number of hydrogen-bond donors (Lipinski definition) is 2. The summed E-state index contributed by atoms with van der Waals surface area (Å²) in [5, 5.41) is 4.93. The van der Waals surface area contributed by atoms with Crippen LogP contribution >= 0.6 is 0 Å². The molecule has 27 heavy (non-hydrogen) atoms. The fourth-order valence-corrected chi connectivity index (χ4v) is 3.17. The number of rotatable bonds is 7. The highest BCUT2D eigenvalue weighted by molar-refractivity contribution is 6.08. The number of carbonyl (C=O) groups excluding carboxylic acids is 5. The number of likely N-dealkylation sites (tertiary alicyclic amines) is 1. The van der Waals surface area contributed by atoms with E-state index in [2.05, 4.69) is 10.6 Å². The quantitative estimate of drug-likeness (QED) is 0.350. The molecule has 1 fully saturated rings. The van der Waals surface area contributed by atoms with Gasteiger partial charge in [-0.3, -0.25) is 24.1 Å². The monoisotopic (exact) mass is 379 g/mol. The maximum absolute atomic E-state index is 12.4. The van der Waals surface area contributed by atoms with Crippen molar-refractivity contribution in [2.75, 3.05) is 13.2 Å². The van der Waals surface area contributed by atoms with E-state index in [9.17, 15) is 24.0 Å². The van der Waals surface area contributed by atoms with Crippen molar-refractivity contribution in [2.24, 2.45) is 11.8 Å². The average molecular weight is 379 g/mol. The molecule has 0 saturated carbocycles. The molecule has 0 spiro atoms. The van der Waals surface area contributed by atoms with E-state index in [0.717, 1.165) is 4.90 Å². The first-order valence-corrected chi connectivity index (χ1v) is 8.97. The van der Waals surface area contributed by atoms with Crippen LogP contribution in [-0.2, 0) is 28.7 Å². The van der Waals surface area contributed by atoms with Crippen LogP contribution in [0.25, 0.3) is 0 Å². The first-order valence-electron chi connectivity index (χ1n) is 8.97. The van der Waals surface area contributed by atoms with Crippen LogP contribution in [0.5, 0.6) is 0 Å². The molecule has 9 nitrogen and oxygen atoms in total. The normalized spacial score (nSPS) is 22.4. The number of imide groups is 1. The van der Waals surface area contributed by atoms with Crippen LogP contribution in [0.3, 0.4) is 0 Å². The minimum atomic E-state index is -1.10. The molecule has 0 aromatic heterocycles. The van der Waals surface area contributed by atoms with Crippen LogP contribution in [0.4, 0.5) is 0 Å². The third kappa shape index (κ3) is 4.93. The highest BCUT2D eigenvalue weighted by Gasteiger charge is 2.50. The molecule has 1 aliphatic carbocycles. The fraction of sp³-hybridized carbons (Fsp3) is 0.611. The molecule has 1 heterocycles. The molecule has 3 atom stereocenters. The Balaban J connectivity index is 1.82. The van der Waals surface area contributed by atoms with Crippen LogP contribution < -0.4 is 10.6 Å². The van der Waals surface area contributed by atoms with E-state index in [4.69, 9.17) is 4.74 Å². The van der Waals surface area contributed by atoms with E-state index in [0.29, 0.717) is 12.8 Å². The van der Waals surface area contributed by atoms with E-state index >= 15 is 0 Å². The van der Waals surface area contributed by atoms with Gasteiger partial charge in [0.25, 0.3) is 5.91 Å². The Bertz CT molecular complexity index is 646. The van der Waals surface area contributed by atoms with Gasteiger partial charge < -0.3 is 15.4 Å². The molecule has 148 valence electrons. The molecule has 0 bridgehead atoms. The Morgan fingerprint density at radius 1 is 1.07 bits per heavy atom. The van der Waals surface area contributed by atoms with Crippen LogP contribution in [0.15, 0.2) is 12.2 Å². The standard InChI is InChI=1S/C18H25N3O6/c1-10(2)20-14(22)8-19-15(23)9-27-18(26)11(3)21-16(24)12-6-4-5-7-13(12)17(21)25/h4-5,10-13H,6-9H2,1-3H3,(H,19,23)(H,20,22)/t11-,12+,13+/m0/s1. The van der Waals surface area contributed by atoms with Gasteiger partial charge in [0.15, 0.2) is 6.61 Å². The van der Waals surface area contributed by atoms with Crippen molar-refractivity contribution in [1.29, 1.82) is 0 Å². The summed E-state index contributed by atoms with van der Waals surface area (Å²) >= 11 is 0. The summed E-state index contributed by atoms with van der Waals surface area (Å²) in [5.41, 5.74) is 0. The van der Waals surface area contributed by atoms with E-state index < -0.39 is 36.4 Å². The molecule has 4 amide bonds. The maximum Gasteiger partial charge on any atom is 0.329 e. The van der Waals surface area contributed by atoms with Crippen LogP contribution in [0, 0.1) is 11.8 Å². The summed E-state index contributed by atoms with van der Waals surface area (Å²) in [6.45, 7) is 4.15. The average Bonchev–Trinajstić information content (AvgIpc) is 2.88. The van der Waals surface area contributed by atoms with Gasteiger partial charge in [0.2, 0.25) is 17.7 Å². The van der Waals surface area contributed by atoms with E-state index in [1.807, 2.05) is 12.2 Å². The summed E-state index contributed by atoms with van der Waals surface area (Å²) in [6.07, 6.45) is 4.68. The lowest BCUT2D eigenvalue weighted by molar-refractivity contribution is -0.159. The zero-order valence-electron chi connectivity index (χ0n) is 15.7. The lowest BCUT2D eigenvalue weighted by Crippen LogP contribution is -2.45. The summed E-state index contributed by atoms with van der Waals surface area (Å²) in [4.78, 5) is 61.1. The van der Waals surface area contributed by atoms with Crippen molar-refractivity contribution in [3.8, 4) is 0 Å². The Morgan fingerprint density at radius 3 is 2.15 bits per heavy atom. The minimum Gasteiger partial charge on any atom is -0.454 e. The number of hydrogen-bond acceptors (Lipinski definition) is 6. The summed E-state index contributed by atoms with van der Waals surface area (Å²) in [5.74, 6) is -3.47. The molecule has 0 aromatic rings. The highest BCUT2D eigenvalue weighted by atomic mass is 16.5. The van der Waals surface area contributed by atoms with Crippen LogP contribution in [-0.4, -0.2) is 59.7 Å². The van der Waals surface area contributed by atoms with Gasteiger partial charge in [0.1, 0.15) is 6.04 Å². The topological polar surface area (TPSA) is 122 Å². The van der Waals surface area contributed by atoms with Gasteiger partial charge in [-0.05, 0) is 33.6 Å². The van der Waals surface area contributed by atoms with E-state index in [1.165, 1.54) is 6.92 Å². The highest BCUT2D eigenvalue weighted by Crippen LogP contribution is 2.36.